The van der Waals surface area contributed by atoms with Gasteiger partial charge in [-0.1, -0.05) is 6.07 Å². The first kappa shape index (κ1) is 18.3. The van der Waals surface area contributed by atoms with Gasteiger partial charge in [0.15, 0.2) is 10.8 Å². The van der Waals surface area contributed by atoms with E-state index in [4.69, 9.17) is 0 Å². The second kappa shape index (κ2) is 7.00. The molecule has 0 amide bonds. The molecule has 0 spiro atoms. The molecule has 0 bridgehead atoms. The van der Waals surface area contributed by atoms with Crippen LogP contribution in [0.15, 0.2) is 35.7 Å². The van der Waals surface area contributed by atoms with Gasteiger partial charge in [0.2, 0.25) is 0 Å². The lowest BCUT2D eigenvalue weighted by Crippen LogP contribution is -2.06. The van der Waals surface area contributed by atoms with E-state index in [0.29, 0.717) is 16.5 Å². The number of benzene rings is 1. The number of aromatic nitrogens is 3. The van der Waals surface area contributed by atoms with Crippen LogP contribution in [0.1, 0.15) is 30.0 Å². The highest BCUT2D eigenvalue weighted by Crippen LogP contribution is 2.32. The van der Waals surface area contributed by atoms with Crippen LogP contribution in [0.25, 0.3) is 10.8 Å². The van der Waals surface area contributed by atoms with Gasteiger partial charge in [0.05, 0.1) is 17.4 Å². The maximum atomic E-state index is 12.9. The summed E-state index contributed by atoms with van der Waals surface area (Å²) >= 11 is 1.35. The van der Waals surface area contributed by atoms with Gasteiger partial charge in [-0.15, -0.1) is 11.3 Å². The number of nitrogens with zero attached hydrogens (tertiary/aromatic N) is 3. The van der Waals surface area contributed by atoms with Gasteiger partial charge < -0.3 is 10.4 Å². The molecule has 0 fully saturated rings. The zero-order chi connectivity index (χ0) is 18.9. The summed E-state index contributed by atoms with van der Waals surface area (Å²) in [6.07, 6.45) is -5.29. The molecule has 26 heavy (non-hydrogen) atoms. The van der Waals surface area contributed by atoms with Crippen molar-refractivity contribution in [3.63, 3.8) is 0 Å². The Morgan fingerprint density at radius 3 is 2.54 bits per heavy atom. The molecule has 3 rings (SSSR count). The number of halogens is 3. The van der Waals surface area contributed by atoms with Crippen LogP contribution in [-0.2, 0) is 6.18 Å². The largest absolute Gasteiger partial charge is 0.416 e. The van der Waals surface area contributed by atoms with Crippen LogP contribution in [0.5, 0.6) is 0 Å². The Bertz CT molecular complexity index is 924. The van der Waals surface area contributed by atoms with Gasteiger partial charge in [-0.3, -0.25) is 0 Å². The average molecular weight is 380 g/mol. The van der Waals surface area contributed by atoms with E-state index in [2.05, 4.69) is 20.3 Å². The number of aliphatic hydroxyl groups excluding tert-OH is 1. The Morgan fingerprint density at radius 2 is 1.92 bits per heavy atom. The normalized spacial score (nSPS) is 12.8. The van der Waals surface area contributed by atoms with Crippen molar-refractivity contribution in [3.05, 3.63) is 52.7 Å². The zero-order valence-corrected chi connectivity index (χ0v) is 14.7. The van der Waals surface area contributed by atoms with Crippen molar-refractivity contribution in [3.8, 4) is 10.8 Å². The monoisotopic (exact) mass is 380 g/mol. The molecule has 0 aliphatic heterocycles. The molecule has 1 unspecified atom stereocenters. The molecule has 3 aromatic rings. The van der Waals surface area contributed by atoms with Crippen LogP contribution in [0.4, 0.5) is 24.7 Å². The smallest absolute Gasteiger partial charge is 0.387 e. The number of thiazole rings is 1. The van der Waals surface area contributed by atoms with E-state index in [9.17, 15) is 18.3 Å². The van der Waals surface area contributed by atoms with Crippen LogP contribution < -0.4 is 5.32 Å². The van der Waals surface area contributed by atoms with Crippen LogP contribution >= 0.6 is 11.3 Å². The van der Waals surface area contributed by atoms with Crippen LogP contribution in [0.2, 0.25) is 0 Å². The fraction of sp³-hybridized carbons (Fsp3) is 0.235. The third kappa shape index (κ3) is 4.17. The Kier molecular flexibility index (Phi) is 4.92. The highest BCUT2D eigenvalue weighted by Gasteiger charge is 2.30. The van der Waals surface area contributed by atoms with E-state index in [1.807, 2.05) is 12.3 Å². The molecular weight excluding hydrogens is 365 g/mol. The van der Waals surface area contributed by atoms with Gasteiger partial charge in [-0.05, 0) is 32.0 Å². The molecular formula is C17H15F3N4OS. The number of anilines is 2. The Hall–Kier alpha value is -2.52. The lowest BCUT2D eigenvalue weighted by molar-refractivity contribution is -0.137. The summed E-state index contributed by atoms with van der Waals surface area (Å²) in [5, 5.41) is 15.1. The number of aryl methyl sites for hydroxylation is 1. The van der Waals surface area contributed by atoms with Gasteiger partial charge in [-0.25, -0.2) is 15.0 Å². The van der Waals surface area contributed by atoms with Crippen molar-refractivity contribution < 1.29 is 18.3 Å². The molecule has 1 aromatic carbocycles. The van der Waals surface area contributed by atoms with Gasteiger partial charge in [0, 0.05) is 22.8 Å². The Labute approximate surface area is 151 Å². The molecule has 9 heteroatoms. The molecule has 0 aliphatic carbocycles. The van der Waals surface area contributed by atoms with Crippen molar-refractivity contribution in [1.82, 2.24) is 15.0 Å². The van der Waals surface area contributed by atoms with Gasteiger partial charge in [0.1, 0.15) is 5.82 Å². The predicted molar refractivity (Wildman–Crippen MR) is 93.2 cm³/mol. The molecule has 2 aromatic heterocycles. The summed E-state index contributed by atoms with van der Waals surface area (Å²) in [4.78, 5) is 12.9. The summed E-state index contributed by atoms with van der Waals surface area (Å²) in [5.41, 5.74) is 0.625. The van der Waals surface area contributed by atoms with E-state index in [1.165, 1.54) is 29.5 Å². The van der Waals surface area contributed by atoms with Crippen molar-refractivity contribution in [2.45, 2.75) is 26.1 Å². The van der Waals surface area contributed by atoms with E-state index in [1.54, 1.807) is 6.92 Å². The minimum Gasteiger partial charge on any atom is -0.387 e. The van der Waals surface area contributed by atoms with Crippen LogP contribution in [0, 0.1) is 6.92 Å². The lowest BCUT2D eigenvalue weighted by Gasteiger charge is -2.12. The van der Waals surface area contributed by atoms with Gasteiger partial charge >= 0.3 is 6.18 Å². The standard InChI is InChI=1S/C17H15F3N4OS/c1-9-8-26-16(21-9)15-23-13(10(2)25)7-14(24-15)22-12-5-3-4-11(6-12)17(18,19)20/h3-8,10,25H,1-2H3,(H,22,23,24). The highest BCUT2D eigenvalue weighted by molar-refractivity contribution is 7.13. The van der Waals surface area contributed by atoms with E-state index in [0.717, 1.165) is 17.8 Å². The third-order valence-corrected chi connectivity index (χ3v) is 4.40. The Morgan fingerprint density at radius 1 is 1.15 bits per heavy atom. The number of aliphatic hydroxyl groups is 1. The lowest BCUT2D eigenvalue weighted by atomic mass is 10.2. The molecule has 0 radical (unpaired) electrons. The SMILES string of the molecule is Cc1csc(-c2nc(Nc3cccc(C(F)(F)F)c3)cc(C(C)O)n2)n1. The highest BCUT2D eigenvalue weighted by atomic mass is 32.1. The minimum absolute atomic E-state index is 0.233. The minimum atomic E-state index is -4.43. The van der Waals surface area contributed by atoms with Crippen LogP contribution in [-0.4, -0.2) is 20.1 Å². The third-order valence-electron chi connectivity index (χ3n) is 3.45. The molecule has 136 valence electrons. The molecule has 2 N–H and O–H groups in total. The molecule has 0 saturated carbocycles. The second-order valence-electron chi connectivity index (χ2n) is 5.68. The van der Waals surface area contributed by atoms with Gasteiger partial charge in [-0.2, -0.15) is 13.2 Å². The fourth-order valence-corrected chi connectivity index (χ4v) is 2.95. The van der Waals surface area contributed by atoms with E-state index < -0.39 is 17.8 Å². The number of hydrogen-bond donors (Lipinski definition) is 2. The maximum absolute atomic E-state index is 12.9. The van der Waals surface area contributed by atoms with Crippen molar-refractivity contribution in [2.24, 2.45) is 0 Å². The topological polar surface area (TPSA) is 70.9 Å². The van der Waals surface area contributed by atoms with Crippen LogP contribution in [0.3, 0.4) is 0 Å². The van der Waals surface area contributed by atoms with Crippen molar-refractivity contribution in [1.29, 1.82) is 0 Å². The van der Waals surface area contributed by atoms with Crippen molar-refractivity contribution in [2.75, 3.05) is 5.32 Å². The number of nitrogens with one attached hydrogen (secondary N) is 1. The first-order valence-corrected chi connectivity index (χ1v) is 8.54. The number of rotatable bonds is 4. The summed E-state index contributed by atoms with van der Waals surface area (Å²) in [6.45, 7) is 3.38. The summed E-state index contributed by atoms with van der Waals surface area (Å²) < 4.78 is 38.6. The molecule has 5 nitrogen and oxygen atoms in total. The maximum Gasteiger partial charge on any atom is 0.416 e. The number of alkyl halides is 3. The van der Waals surface area contributed by atoms with E-state index in [-0.39, 0.29) is 11.5 Å². The fourth-order valence-electron chi connectivity index (χ4n) is 2.22. The first-order valence-electron chi connectivity index (χ1n) is 7.66. The quantitative estimate of drug-likeness (QED) is 0.685. The summed E-state index contributed by atoms with van der Waals surface area (Å²) in [7, 11) is 0. The number of hydrogen-bond acceptors (Lipinski definition) is 6. The molecule has 1 atom stereocenters. The summed E-state index contributed by atoms with van der Waals surface area (Å²) in [6, 6.07) is 6.31. The second-order valence-corrected chi connectivity index (χ2v) is 6.53. The summed E-state index contributed by atoms with van der Waals surface area (Å²) in [5.74, 6) is 0.578. The van der Waals surface area contributed by atoms with E-state index >= 15 is 0 Å². The molecule has 0 saturated heterocycles. The molecule has 2 heterocycles. The van der Waals surface area contributed by atoms with Gasteiger partial charge in [0.25, 0.3) is 0 Å². The predicted octanol–water partition coefficient (Wildman–Crippen LogP) is 4.72. The Balaban J connectivity index is 1.98. The first-order chi connectivity index (χ1) is 12.2. The zero-order valence-electron chi connectivity index (χ0n) is 13.9. The molecule has 0 aliphatic rings. The average Bonchev–Trinajstić information content (AvgIpc) is 3.00. The van der Waals surface area contributed by atoms with Crippen molar-refractivity contribution >= 4 is 22.8 Å².